The van der Waals surface area contributed by atoms with Crippen LogP contribution < -0.4 is 0 Å². The summed E-state index contributed by atoms with van der Waals surface area (Å²) in [5.41, 5.74) is 1.94. The summed E-state index contributed by atoms with van der Waals surface area (Å²) < 4.78 is 10.7. The molecule has 5 nitrogen and oxygen atoms in total. The Morgan fingerprint density at radius 2 is 2.35 bits per heavy atom. The molecule has 1 N–H and O–H groups in total. The molecule has 0 saturated carbocycles. The first-order valence-electron chi connectivity index (χ1n) is 5.46. The molecule has 0 spiro atoms. The summed E-state index contributed by atoms with van der Waals surface area (Å²) in [4.78, 5) is 14.8. The molecule has 3 rings (SSSR count). The zero-order valence-corrected chi connectivity index (χ0v) is 9.05. The van der Waals surface area contributed by atoms with Crippen LogP contribution in [0.15, 0.2) is 27.7 Å². The molecule has 0 fully saturated rings. The Morgan fingerprint density at radius 1 is 1.47 bits per heavy atom. The van der Waals surface area contributed by atoms with Crippen LogP contribution in [-0.4, -0.2) is 16.1 Å². The smallest absolute Gasteiger partial charge is 0.306 e. The van der Waals surface area contributed by atoms with Crippen LogP contribution in [0.4, 0.5) is 0 Å². The van der Waals surface area contributed by atoms with Crippen molar-refractivity contribution in [1.29, 1.82) is 0 Å². The summed E-state index contributed by atoms with van der Waals surface area (Å²) in [7, 11) is 0. The summed E-state index contributed by atoms with van der Waals surface area (Å²) in [5.74, 6) is 0.336. The molecular formula is C12H11NO4. The minimum absolute atomic E-state index is 0.337. The summed E-state index contributed by atoms with van der Waals surface area (Å²) in [6, 6.07) is 0. The molecule has 0 amide bonds. The van der Waals surface area contributed by atoms with Gasteiger partial charge in [-0.05, 0) is 12.8 Å². The molecule has 2 aromatic rings. The molecule has 0 radical (unpaired) electrons. The molecule has 5 heteroatoms. The van der Waals surface area contributed by atoms with Crippen molar-refractivity contribution < 1.29 is 18.7 Å². The van der Waals surface area contributed by atoms with Crippen molar-refractivity contribution in [2.24, 2.45) is 5.92 Å². The molecule has 2 heterocycles. The number of carbonyl (C=O) groups is 1. The standard InChI is InChI=1S/C12H11NO4/c14-12(15)7-1-2-8-9(5-16-10(8)3-7)11-4-13-6-17-11/h4-7H,1-3H2,(H,14,15). The lowest BCUT2D eigenvalue weighted by Crippen LogP contribution is -2.21. The highest BCUT2D eigenvalue weighted by Gasteiger charge is 2.29. The molecule has 0 aliphatic heterocycles. The van der Waals surface area contributed by atoms with E-state index < -0.39 is 5.97 Å². The third-order valence-electron chi connectivity index (χ3n) is 3.20. The Bertz CT molecular complexity index is 541. The SMILES string of the molecule is O=C(O)C1CCc2c(-c3cnco3)coc2C1. The van der Waals surface area contributed by atoms with Crippen LogP contribution in [0.3, 0.4) is 0 Å². The Morgan fingerprint density at radius 3 is 3.06 bits per heavy atom. The normalized spacial score (nSPS) is 18.9. The number of rotatable bonds is 2. The van der Waals surface area contributed by atoms with Gasteiger partial charge in [-0.25, -0.2) is 4.98 Å². The van der Waals surface area contributed by atoms with E-state index in [0.29, 0.717) is 25.0 Å². The summed E-state index contributed by atoms with van der Waals surface area (Å²) in [6.45, 7) is 0. The molecule has 0 saturated heterocycles. The van der Waals surface area contributed by atoms with Crippen molar-refractivity contribution in [1.82, 2.24) is 4.98 Å². The second-order valence-electron chi connectivity index (χ2n) is 4.19. The number of hydrogen-bond acceptors (Lipinski definition) is 4. The van der Waals surface area contributed by atoms with E-state index in [1.54, 1.807) is 12.5 Å². The molecular weight excluding hydrogens is 222 g/mol. The van der Waals surface area contributed by atoms with Crippen LogP contribution in [0.5, 0.6) is 0 Å². The largest absolute Gasteiger partial charge is 0.481 e. The number of aliphatic carboxylic acids is 1. The number of carboxylic acid groups (broad SMARTS) is 1. The molecule has 17 heavy (non-hydrogen) atoms. The highest BCUT2D eigenvalue weighted by atomic mass is 16.4. The van der Waals surface area contributed by atoms with E-state index in [9.17, 15) is 4.79 Å². The van der Waals surface area contributed by atoms with Crippen LogP contribution >= 0.6 is 0 Å². The Labute approximate surface area is 97.1 Å². The molecule has 1 atom stereocenters. The van der Waals surface area contributed by atoms with Gasteiger partial charge >= 0.3 is 5.97 Å². The second kappa shape index (κ2) is 3.76. The number of aromatic nitrogens is 1. The van der Waals surface area contributed by atoms with Gasteiger partial charge in [0.1, 0.15) is 12.0 Å². The fourth-order valence-corrected chi connectivity index (χ4v) is 2.28. The fraction of sp³-hybridized carbons (Fsp3) is 0.333. The first-order valence-corrected chi connectivity index (χ1v) is 5.46. The van der Waals surface area contributed by atoms with Crippen molar-refractivity contribution in [3.05, 3.63) is 30.2 Å². The van der Waals surface area contributed by atoms with Gasteiger partial charge < -0.3 is 13.9 Å². The van der Waals surface area contributed by atoms with Gasteiger partial charge in [0.25, 0.3) is 0 Å². The monoisotopic (exact) mass is 233 g/mol. The Hall–Kier alpha value is -2.04. The Kier molecular flexibility index (Phi) is 2.24. The van der Waals surface area contributed by atoms with E-state index >= 15 is 0 Å². The number of hydrogen-bond donors (Lipinski definition) is 1. The van der Waals surface area contributed by atoms with E-state index in [0.717, 1.165) is 16.9 Å². The van der Waals surface area contributed by atoms with Gasteiger partial charge in [-0.3, -0.25) is 4.79 Å². The van der Waals surface area contributed by atoms with Crippen LogP contribution in [-0.2, 0) is 17.6 Å². The average Bonchev–Trinajstić information content (AvgIpc) is 2.96. The Balaban J connectivity index is 1.95. The summed E-state index contributed by atoms with van der Waals surface area (Å²) >= 11 is 0. The quantitative estimate of drug-likeness (QED) is 0.859. The van der Waals surface area contributed by atoms with Crippen molar-refractivity contribution in [2.45, 2.75) is 19.3 Å². The maximum atomic E-state index is 10.9. The number of fused-ring (bicyclic) bond motifs is 1. The molecule has 1 unspecified atom stereocenters. The van der Waals surface area contributed by atoms with Crippen LogP contribution in [0.2, 0.25) is 0 Å². The van der Waals surface area contributed by atoms with Crippen LogP contribution in [0.1, 0.15) is 17.7 Å². The fourth-order valence-electron chi connectivity index (χ4n) is 2.28. The number of oxazole rings is 1. The molecule has 1 aliphatic carbocycles. The van der Waals surface area contributed by atoms with E-state index in [-0.39, 0.29) is 5.92 Å². The minimum Gasteiger partial charge on any atom is -0.481 e. The molecule has 2 aromatic heterocycles. The topological polar surface area (TPSA) is 76.5 Å². The van der Waals surface area contributed by atoms with Gasteiger partial charge in [0, 0.05) is 12.0 Å². The molecule has 1 aliphatic rings. The average molecular weight is 233 g/mol. The zero-order valence-electron chi connectivity index (χ0n) is 9.05. The first kappa shape index (κ1) is 10.1. The molecule has 0 aromatic carbocycles. The lowest BCUT2D eigenvalue weighted by atomic mass is 9.86. The van der Waals surface area contributed by atoms with Gasteiger partial charge in [-0.15, -0.1) is 0 Å². The lowest BCUT2D eigenvalue weighted by molar-refractivity contribution is -0.142. The number of furan rings is 1. The predicted octanol–water partition coefficient (Wildman–Crippen LogP) is 2.12. The lowest BCUT2D eigenvalue weighted by Gasteiger charge is -2.17. The molecule has 0 bridgehead atoms. The van der Waals surface area contributed by atoms with Crippen molar-refractivity contribution in [2.75, 3.05) is 0 Å². The third-order valence-corrected chi connectivity index (χ3v) is 3.20. The van der Waals surface area contributed by atoms with Crippen molar-refractivity contribution in [3.63, 3.8) is 0 Å². The van der Waals surface area contributed by atoms with Crippen LogP contribution in [0, 0.1) is 5.92 Å². The number of carboxylic acids is 1. The number of nitrogens with zero attached hydrogens (tertiary/aromatic N) is 1. The van der Waals surface area contributed by atoms with Crippen molar-refractivity contribution >= 4 is 5.97 Å². The van der Waals surface area contributed by atoms with Gasteiger partial charge in [0.05, 0.1) is 17.7 Å². The molecule has 88 valence electrons. The first-order chi connectivity index (χ1) is 8.25. The van der Waals surface area contributed by atoms with Gasteiger partial charge in [0.2, 0.25) is 0 Å². The van der Waals surface area contributed by atoms with Gasteiger partial charge in [-0.2, -0.15) is 0 Å². The summed E-state index contributed by atoms with van der Waals surface area (Å²) in [6.07, 6.45) is 6.43. The van der Waals surface area contributed by atoms with Gasteiger partial charge in [-0.1, -0.05) is 0 Å². The second-order valence-corrected chi connectivity index (χ2v) is 4.19. The highest BCUT2D eigenvalue weighted by molar-refractivity contribution is 5.71. The highest BCUT2D eigenvalue weighted by Crippen LogP contribution is 2.35. The predicted molar refractivity (Wildman–Crippen MR) is 57.4 cm³/mol. The summed E-state index contributed by atoms with van der Waals surface area (Å²) in [5, 5.41) is 8.98. The van der Waals surface area contributed by atoms with Gasteiger partial charge in [0.15, 0.2) is 12.2 Å². The maximum absolute atomic E-state index is 10.9. The van der Waals surface area contributed by atoms with E-state index in [1.807, 2.05) is 0 Å². The van der Waals surface area contributed by atoms with E-state index in [1.165, 1.54) is 6.39 Å². The van der Waals surface area contributed by atoms with E-state index in [4.69, 9.17) is 13.9 Å². The zero-order chi connectivity index (χ0) is 11.8. The van der Waals surface area contributed by atoms with Crippen LogP contribution in [0.25, 0.3) is 11.3 Å². The third kappa shape index (κ3) is 1.63. The minimum atomic E-state index is -0.756. The van der Waals surface area contributed by atoms with E-state index in [2.05, 4.69) is 4.98 Å². The maximum Gasteiger partial charge on any atom is 0.306 e. The van der Waals surface area contributed by atoms with Crippen molar-refractivity contribution in [3.8, 4) is 11.3 Å².